The summed E-state index contributed by atoms with van der Waals surface area (Å²) in [5, 5.41) is 9.64. The van der Waals surface area contributed by atoms with Crippen molar-refractivity contribution in [1.82, 2.24) is 14.7 Å². The third kappa shape index (κ3) is 4.31. The van der Waals surface area contributed by atoms with Crippen LogP contribution in [0.15, 0.2) is 53.1 Å². The van der Waals surface area contributed by atoms with Gasteiger partial charge < -0.3 is 10.0 Å². The molecular weight excluding hydrogens is 346 g/mol. The lowest BCUT2D eigenvalue weighted by Gasteiger charge is -2.46. The molecule has 1 aromatic rings. The zero-order valence-corrected chi connectivity index (χ0v) is 16.3. The minimum atomic E-state index is -0.834. The number of carbonyl (C=O) groups is 1. The maximum Gasteiger partial charge on any atom is 0.335 e. The maximum atomic E-state index is 11.7. The molecule has 0 spiro atoms. The predicted molar refractivity (Wildman–Crippen MR) is 106 cm³/mol. The van der Waals surface area contributed by atoms with E-state index in [2.05, 4.69) is 53.3 Å². The number of hydrogen-bond acceptors (Lipinski definition) is 5. The van der Waals surface area contributed by atoms with Crippen molar-refractivity contribution in [2.45, 2.75) is 37.5 Å². The van der Waals surface area contributed by atoms with E-state index in [4.69, 9.17) is 0 Å². The van der Waals surface area contributed by atoms with Gasteiger partial charge in [-0.05, 0) is 43.7 Å². The molecule has 1 saturated heterocycles. The van der Waals surface area contributed by atoms with Crippen LogP contribution in [0.5, 0.6) is 0 Å². The number of nitrogens with zero attached hydrogens (tertiary/aromatic N) is 3. The molecule has 0 amide bonds. The summed E-state index contributed by atoms with van der Waals surface area (Å²) < 4.78 is 0. The molecular formula is C20H27N3O2S. The fourth-order valence-corrected chi connectivity index (χ4v) is 3.77. The van der Waals surface area contributed by atoms with Gasteiger partial charge in [-0.2, -0.15) is 0 Å². The van der Waals surface area contributed by atoms with E-state index in [1.165, 1.54) is 5.56 Å². The van der Waals surface area contributed by atoms with Crippen LogP contribution in [0.1, 0.15) is 19.4 Å². The van der Waals surface area contributed by atoms with Gasteiger partial charge in [0.05, 0.1) is 5.57 Å². The molecule has 1 aromatic carbocycles. The SMILES string of the molecule is CC(C)N1C=CC=C(C(=O)O)C1N1CCN(Cc2ccc(S)cc2)CC1. The molecule has 6 heteroatoms. The Bertz CT molecular complexity index is 692. The Morgan fingerprint density at radius 1 is 1.19 bits per heavy atom. The quantitative estimate of drug-likeness (QED) is 0.777. The van der Waals surface area contributed by atoms with Crippen molar-refractivity contribution in [1.29, 1.82) is 0 Å². The number of hydrogen-bond donors (Lipinski definition) is 2. The van der Waals surface area contributed by atoms with Gasteiger partial charge in [-0.25, -0.2) is 4.79 Å². The van der Waals surface area contributed by atoms with Gasteiger partial charge in [0.15, 0.2) is 0 Å². The third-order valence-corrected chi connectivity index (χ3v) is 5.33. The number of thiol groups is 1. The molecule has 3 rings (SSSR count). The van der Waals surface area contributed by atoms with Crippen LogP contribution in [0, 0.1) is 0 Å². The molecule has 1 unspecified atom stereocenters. The summed E-state index contributed by atoms with van der Waals surface area (Å²) in [6, 6.07) is 8.52. The zero-order chi connectivity index (χ0) is 18.7. The van der Waals surface area contributed by atoms with Gasteiger partial charge in [0.25, 0.3) is 0 Å². The van der Waals surface area contributed by atoms with Gasteiger partial charge in [0.2, 0.25) is 0 Å². The van der Waals surface area contributed by atoms with Gasteiger partial charge in [0.1, 0.15) is 6.17 Å². The number of carboxylic acids is 1. The summed E-state index contributed by atoms with van der Waals surface area (Å²) in [6.07, 6.45) is 5.38. The molecule has 0 radical (unpaired) electrons. The van der Waals surface area contributed by atoms with Gasteiger partial charge in [-0.1, -0.05) is 12.1 Å². The monoisotopic (exact) mass is 373 g/mol. The van der Waals surface area contributed by atoms with Crippen molar-refractivity contribution >= 4 is 18.6 Å². The number of rotatable bonds is 5. The van der Waals surface area contributed by atoms with Crippen molar-refractivity contribution in [3.8, 4) is 0 Å². The first kappa shape index (κ1) is 19.0. The van der Waals surface area contributed by atoms with Crippen molar-refractivity contribution in [2.75, 3.05) is 26.2 Å². The van der Waals surface area contributed by atoms with E-state index in [9.17, 15) is 9.90 Å². The fraction of sp³-hybridized carbons (Fsp3) is 0.450. The highest BCUT2D eigenvalue weighted by Gasteiger charge is 2.35. The second-order valence-electron chi connectivity index (χ2n) is 7.16. The number of aliphatic carboxylic acids is 1. The lowest BCUT2D eigenvalue weighted by Crippen LogP contribution is -2.57. The van der Waals surface area contributed by atoms with E-state index < -0.39 is 5.97 Å². The summed E-state index contributed by atoms with van der Waals surface area (Å²) in [5.74, 6) is -0.834. The molecule has 1 atom stereocenters. The molecule has 1 N–H and O–H groups in total. The fourth-order valence-electron chi connectivity index (χ4n) is 3.62. The normalized spacial score (nSPS) is 21.9. The largest absolute Gasteiger partial charge is 0.478 e. The summed E-state index contributed by atoms with van der Waals surface area (Å²) in [7, 11) is 0. The van der Waals surface area contributed by atoms with Gasteiger partial charge in [0, 0.05) is 49.9 Å². The van der Waals surface area contributed by atoms with Gasteiger partial charge in [-0.15, -0.1) is 12.6 Å². The Hall–Kier alpha value is -1.76. The summed E-state index contributed by atoms with van der Waals surface area (Å²) >= 11 is 4.33. The average Bonchev–Trinajstić information content (AvgIpc) is 2.63. The minimum absolute atomic E-state index is 0.192. The summed E-state index contributed by atoms with van der Waals surface area (Å²) in [6.45, 7) is 8.70. The smallest absolute Gasteiger partial charge is 0.335 e. The standard InChI is InChI=1S/C20H27N3O2S/c1-15(2)23-9-3-4-18(20(24)25)19(23)22-12-10-21(11-13-22)14-16-5-7-17(26)8-6-16/h3-9,15,19,26H,10-14H2,1-2H3,(H,24,25). The molecule has 0 aliphatic carbocycles. The Labute approximate surface area is 161 Å². The zero-order valence-electron chi connectivity index (χ0n) is 15.4. The first-order chi connectivity index (χ1) is 12.5. The molecule has 2 aliphatic heterocycles. The second-order valence-corrected chi connectivity index (χ2v) is 7.68. The van der Waals surface area contributed by atoms with Crippen molar-refractivity contribution < 1.29 is 9.90 Å². The predicted octanol–water partition coefficient (Wildman–Crippen LogP) is 2.67. The molecule has 5 nitrogen and oxygen atoms in total. The van der Waals surface area contributed by atoms with Crippen molar-refractivity contribution in [3.63, 3.8) is 0 Å². The Balaban J connectivity index is 1.65. The lowest BCUT2D eigenvalue weighted by molar-refractivity contribution is -0.134. The topological polar surface area (TPSA) is 47.0 Å². The second kappa shape index (κ2) is 8.29. The first-order valence-electron chi connectivity index (χ1n) is 9.09. The maximum absolute atomic E-state index is 11.7. The van der Waals surface area contributed by atoms with E-state index in [1.54, 1.807) is 6.08 Å². The average molecular weight is 374 g/mol. The molecule has 140 valence electrons. The van der Waals surface area contributed by atoms with E-state index in [0.29, 0.717) is 5.57 Å². The lowest BCUT2D eigenvalue weighted by atomic mass is 10.0. The van der Waals surface area contributed by atoms with Crippen LogP contribution >= 0.6 is 12.6 Å². The third-order valence-electron chi connectivity index (χ3n) is 5.03. The first-order valence-corrected chi connectivity index (χ1v) is 9.54. The molecule has 0 saturated carbocycles. The minimum Gasteiger partial charge on any atom is -0.478 e. The highest BCUT2D eigenvalue weighted by Crippen LogP contribution is 2.24. The Morgan fingerprint density at radius 3 is 2.42 bits per heavy atom. The number of allylic oxidation sites excluding steroid dienone is 2. The highest BCUT2D eigenvalue weighted by molar-refractivity contribution is 7.80. The van der Waals surface area contributed by atoms with Crippen LogP contribution in [0.3, 0.4) is 0 Å². The van der Waals surface area contributed by atoms with Crippen LogP contribution in [-0.2, 0) is 11.3 Å². The van der Waals surface area contributed by atoms with Crippen LogP contribution < -0.4 is 0 Å². The van der Waals surface area contributed by atoms with Gasteiger partial charge in [-0.3, -0.25) is 9.80 Å². The van der Waals surface area contributed by atoms with Crippen LogP contribution in [-0.4, -0.2) is 64.2 Å². The van der Waals surface area contributed by atoms with E-state index in [1.807, 2.05) is 24.4 Å². The van der Waals surface area contributed by atoms with Crippen LogP contribution in [0.25, 0.3) is 0 Å². The van der Waals surface area contributed by atoms with Crippen LogP contribution in [0.4, 0.5) is 0 Å². The molecule has 2 heterocycles. The summed E-state index contributed by atoms with van der Waals surface area (Å²) in [5.41, 5.74) is 1.74. The molecule has 0 aromatic heterocycles. The van der Waals surface area contributed by atoms with Crippen molar-refractivity contribution in [3.05, 3.63) is 53.8 Å². The van der Waals surface area contributed by atoms with Crippen molar-refractivity contribution in [2.24, 2.45) is 0 Å². The van der Waals surface area contributed by atoms with Crippen LogP contribution in [0.2, 0.25) is 0 Å². The van der Waals surface area contributed by atoms with E-state index in [-0.39, 0.29) is 12.2 Å². The van der Waals surface area contributed by atoms with E-state index >= 15 is 0 Å². The molecule has 0 bridgehead atoms. The molecule has 26 heavy (non-hydrogen) atoms. The number of benzene rings is 1. The summed E-state index contributed by atoms with van der Waals surface area (Å²) in [4.78, 5) is 19.6. The molecule has 1 fully saturated rings. The van der Waals surface area contributed by atoms with E-state index in [0.717, 1.165) is 37.6 Å². The van der Waals surface area contributed by atoms with Gasteiger partial charge >= 0.3 is 5.97 Å². The Kier molecular flexibility index (Phi) is 6.06. The Morgan fingerprint density at radius 2 is 1.85 bits per heavy atom. The highest BCUT2D eigenvalue weighted by atomic mass is 32.1. The number of carboxylic acid groups (broad SMARTS) is 1. The molecule has 2 aliphatic rings. The number of piperazine rings is 1.